The van der Waals surface area contributed by atoms with E-state index in [0.29, 0.717) is 18.9 Å². The van der Waals surface area contributed by atoms with Gasteiger partial charge in [-0.1, -0.05) is 35.9 Å². The topological polar surface area (TPSA) is 55.5 Å². The van der Waals surface area contributed by atoms with E-state index in [1.165, 1.54) is 11.1 Å². The van der Waals surface area contributed by atoms with Gasteiger partial charge in [0.05, 0.1) is 6.61 Å². The molecule has 0 saturated heterocycles. The first-order chi connectivity index (χ1) is 10.1. The first kappa shape index (κ1) is 15.4. The van der Waals surface area contributed by atoms with Crippen molar-refractivity contribution < 1.29 is 9.84 Å². The van der Waals surface area contributed by atoms with Crippen LogP contribution in [-0.2, 0) is 6.42 Å². The van der Waals surface area contributed by atoms with Gasteiger partial charge in [0.1, 0.15) is 0 Å². The summed E-state index contributed by atoms with van der Waals surface area (Å²) in [6.07, 6.45) is 0.833. The number of benzene rings is 2. The summed E-state index contributed by atoms with van der Waals surface area (Å²) in [5.74, 6) is 0.986. The summed E-state index contributed by atoms with van der Waals surface area (Å²) in [6.45, 7) is 5.11. The number of ether oxygens (including phenoxy) is 1. The fourth-order valence-electron chi connectivity index (χ4n) is 2.42. The van der Waals surface area contributed by atoms with Gasteiger partial charge in [0.25, 0.3) is 0 Å². The molecule has 1 unspecified atom stereocenters. The van der Waals surface area contributed by atoms with Gasteiger partial charge in [-0.3, -0.25) is 0 Å². The molecule has 0 saturated carbocycles. The lowest BCUT2D eigenvalue weighted by atomic mass is 9.91. The van der Waals surface area contributed by atoms with Crippen molar-refractivity contribution in [3.63, 3.8) is 0 Å². The number of rotatable bonds is 6. The molecule has 3 heteroatoms. The Balaban J connectivity index is 2.18. The van der Waals surface area contributed by atoms with Crippen LogP contribution in [-0.4, -0.2) is 18.3 Å². The molecular formula is C18H23NO2. The van der Waals surface area contributed by atoms with Gasteiger partial charge < -0.3 is 15.6 Å². The van der Waals surface area contributed by atoms with Gasteiger partial charge >= 0.3 is 0 Å². The van der Waals surface area contributed by atoms with Crippen molar-refractivity contribution in [3.05, 3.63) is 59.2 Å². The SMILES string of the molecule is CCOc1cc(CC(CN)c2ccc(C)cc2)ccc1O. The summed E-state index contributed by atoms with van der Waals surface area (Å²) in [7, 11) is 0. The highest BCUT2D eigenvalue weighted by Crippen LogP contribution is 2.29. The molecule has 0 spiro atoms. The van der Waals surface area contributed by atoms with Crippen molar-refractivity contribution >= 4 is 0 Å². The average Bonchev–Trinajstić information content (AvgIpc) is 2.49. The molecule has 0 heterocycles. The largest absolute Gasteiger partial charge is 0.504 e. The molecule has 21 heavy (non-hydrogen) atoms. The summed E-state index contributed by atoms with van der Waals surface area (Å²) in [4.78, 5) is 0. The zero-order valence-electron chi connectivity index (χ0n) is 12.7. The lowest BCUT2D eigenvalue weighted by molar-refractivity contribution is 0.317. The van der Waals surface area contributed by atoms with Crippen molar-refractivity contribution in [1.29, 1.82) is 0 Å². The van der Waals surface area contributed by atoms with Crippen LogP contribution < -0.4 is 10.5 Å². The molecule has 2 aromatic carbocycles. The Morgan fingerprint density at radius 2 is 1.86 bits per heavy atom. The van der Waals surface area contributed by atoms with E-state index >= 15 is 0 Å². The number of nitrogens with two attached hydrogens (primary N) is 1. The van der Waals surface area contributed by atoms with Crippen LogP contribution in [0.3, 0.4) is 0 Å². The highest BCUT2D eigenvalue weighted by Gasteiger charge is 2.12. The maximum atomic E-state index is 9.76. The van der Waals surface area contributed by atoms with Crippen LogP contribution in [0.4, 0.5) is 0 Å². The highest BCUT2D eigenvalue weighted by atomic mass is 16.5. The molecule has 0 aliphatic rings. The highest BCUT2D eigenvalue weighted by molar-refractivity contribution is 5.42. The van der Waals surface area contributed by atoms with E-state index in [4.69, 9.17) is 10.5 Å². The van der Waals surface area contributed by atoms with Crippen LogP contribution in [0.25, 0.3) is 0 Å². The fourth-order valence-corrected chi connectivity index (χ4v) is 2.42. The second-order valence-corrected chi connectivity index (χ2v) is 5.28. The van der Waals surface area contributed by atoms with Crippen LogP contribution in [0.2, 0.25) is 0 Å². The van der Waals surface area contributed by atoms with Crippen molar-refractivity contribution in [3.8, 4) is 11.5 Å². The van der Waals surface area contributed by atoms with Crippen molar-refractivity contribution in [1.82, 2.24) is 0 Å². The molecule has 3 nitrogen and oxygen atoms in total. The molecule has 0 radical (unpaired) electrons. The first-order valence-corrected chi connectivity index (χ1v) is 7.35. The standard InChI is InChI=1S/C18H23NO2/c1-3-21-18-11-14(6-9-17(18)20)10-16(12-19)15-7-4-13(2)5-8-15/h4-9,11,16,20H,3,10,12,19H2,1-2H3. The maximum absolute atomic E-state index is 9.76. The van der Waals surface area contributed by atoms with E-state index in [1.807, 2.05) is 19.1 Å². The minimum absolute atomic E-state index is 0.181. The summed E-state index contributed by atoms with van der Waals surface area (Å²) >= 11 is 0. The smallest absolute Gasteiger partial charge is 0.161 e. The van der Waals surface area contributed by atoms with E-state index in [0.717, 1.165) is 12.0 Å². The second-order valence-electron chi connectivity index (χ2n) is 5.28. The zero-order valence-corrected chi connectivity index (χ0v) is 12.7. The van der Waals surface area contributed by atoms with Gasteiger partial charge in [-0.05, 0) is 50.1 Å². The molecule has 0 amide bonds. The molecule has 2 rings (SSSR count). The molecule has 112 valence electrons. The van der Waals surface area contributed by atoms with Crippen LogP contribution >= 0.6 is 0 Å². The number of hydrogen-bond donors (Lipinski definition) is 2. The second kappa shape index (κ2) is 7.14. The minimum Gasteiger partial charge on any atom is -0.504 e. The molecule has 0 fully saturated rings. The lowest BCUT2D eigenvalue weighted by Crippen LogP contribution is -2.15. The van der Waals surface area contributed by atoms with E-state index in [9.17, 15) is 5.11 Å². The Bertz CT molecular complexity index is 578. The molecule has 0 aliphatic carbocycles. The van der Waals surface area contributed by atoms with Crippen LogP contribution in [0.1, 0.15) is 29.5 Å². The van der Waals surface area contributed by atoms with Gasteiger partial charge in [-0.15, -0.1) is 0 Å². The molecule has 1 atom stereocenters. The monoisotopic (exact) mass is 285 g/mol. The van der Waals surface area contributed by atoms with Gasteiger partial charge in [0.2, 0.25) is 0 Å². The molecule has 3 N–H and O–H groups in total. The number of aryl methyl sites for hydroxylation is 1. The zero-order chi connectivity index (χ0) is 15.2. The predicted molar refractivity (Wildman–Crippen MR) is 86.0 cm³/mol. The van der Waals surface area contributed by atoms with E-state index < -0.39 is 0 Å². The van der Waals surface area contributed by atoms with Gasteiger partial charge in [0.15, 0.2) is 11.5 Å². The van der Waals surface area contributed by atoms with Gasteiger partial charge in [-0.2, -0.15) is 0 Å². The number of hydrogen-bond acceptors (Lipinski definition) is 3. The van der Waals surface area contributed by atoms with E-state index in [-0.39, 0.29) is 11.7 Å². The third-order valence-corrected chi connectivity index (χ3v) is 3.64. The summed E-state index contributed by atoms with van der Waals surface area (Å²) in [5, 5.41) is 9.76. The first-order valence-electron chi connectivity index (χ1n) is 7.35. The number of phenols is 1. The lowest BCUT2D eigenvalue weighted by Gasteiger charge is -2.16. The maximum Gasteiger partial charge on any atom is 0.161 e. The van der Waals surface area contributed by atoms with Crippen LogP contribution in [0.5, 0.6) is 11.5 Å². The van der Waals surface area contributed by atoms with Gasteiger partial charge in [-0.25, -0.2) is 0 Å². The Hall–Kier alpha value is -2.00. The number of phenolic OH excluding ortho intramolecular Hbond substituents is 1. The van der Waals surface area contributed by atoms with Crippen molar-refractivity contribution in [2.45, 2.75) is 26.2 Å². The third-order valence-electron chi connectivity index (χ3n) is 3.64. The summed E-state index contributed by atoms with van der Waals surface area (Å²) < 4.78 is 5.43. The van der Waals surface area contributed by atoms with E-state index in [1.54, 1.807) is 6.07 Å². The Morgan fingerprint density at radius 1 is 1.14 bits per heavy atom. The number of aromatic hydroxyl groups is 1. The summed E-state index contributed by atoms with van der Waals surface area (Å²) in [6, 6.07) is 14.0. The molecular weight excluding hydrogens is 262 g/mol. The Morgan fingerprint density at radius 3 is 2.48 bits per heavy atom. The van der Waals surface area contributed by atoms with Crippen molar-refractivity contribution in [2.75, 3.05) is 13.2 Å². The quantitative estimate of drug-likeness (QED) is 0.855. The van der Waals surface area contributed by atoms with Crippen molar-refractivity contribution in [2.24, 2.45) is 5.73 Å². The normalized spacial score (nSPS) is 12.1. The third kappa shape index (κ3) is 3.99. The minimum atomic E-state index is 0.181. The Labute approximate surface area is 126 Å². The predicted octanol–water partition coefficient (Wildman–Crippen LogP) is 3.38. The molecule has 0 aliphatic heterocycles. The van der Waals surface area contributed by atoms with Crippen LogP contribution in [0, 0.1) is 6.92 Å². The fraction of sp³-hybridized carbons (Fsp3) is 0.333. The molecule has 2 aromatic rings. The molecule has 0 aromatic heterocycles. The molecule has 0 bridgehead atoms. The van der Waals surface area contributed by atoms with Crippen LogP contribution in [0.15, 0.2) is 42.5 Å². The van der Waals surface area contributed by atoms with E-state index in [2.05, 4.69) is 31.2 Å². The summed E-state index contributed by atoms with van der Waals surface area (Å²) in [5.41, 5.74) is 9.55. The average molecular weight is 285 g/mol. The Kier molecular flexibility index (Phi) is 5.23. The van der Waals surface area contributed by atoms with Gasteiger partial charge in [0, 0.05) is 5.92 Å².